The minimum Gasteiger partial charge on any atom is -0.382 e. The SMILES string of the molecule is CCOC(CCN(C(N)=O)C1CCN(C(=O)[C@H](O)CS(=O)(=O)c2ccc3cc(Cl)ccc3c2)CC1)OCC. The molecular weight excluding hydrogens is 534 g/mol. The molecular formula is C26H36ClN3O7S. The number of primary amides is 1. The molecule has 0 spiro atoms. The van der Waals surface area contributed by atoms with Crippen molar-refractivity contribution in [2.45, 2.75) is 56.4 Å². The molecule has 0 aromatic heterocycles. The number of piperidine rings is 1. The molecule has 3 rings (SSSR count). The molecule has 2 aromatic rings. The molecule has 1 atom stereocenters. The van der Waals surface area contributed by atoms with E-state index in [4.69, 9.17) is 26.8 Å². The molecule has 3 N–H and O–H groups in total. The molecule has 0 radical (unpaired) electrons. The van der Waals surface area contributed by atoms with Crippen molar-refractivity contribution in [3.63, 3.8) is 0 Å². The Balaban J connectivity index is 1.57. The van der Waals surface area contributed by atoms with E-state index < -0.39 is 39.9 Å². The summed E-state index contributed by atoms with van der Waals surface area (Å²) in [6.07, 6.45) is -0.777. The molecule has 3 amide bonds. The Morgan fingerprint density at radius 2 is 1.71 bits per heavy atom. The van der Waals surface area contributed by atoms with Crippen LogP contribution in [-0.4, -0.2) is 92.3 Å². The summed E-state index contributed by atoms with van der Waals surface area (Å²) in [4.78, 5) is 28.0. The van der Waals surface area contributed by atoms with Crippen molar-refractivity contribution in [3.05, 3.63) is 41.4 Å². The Morgan fingerprint density at radius 1 is 1.11 bits per heavy atom. The van der Waals surface area contributed by atoms with E-state index in [1.165, 1.54) is 17.0 Å². The van der Waals surface area contributed by atoms with Crippen molar-refractivity contribution in [1.82, 2.24) is 9.80 Å². The summed E-state index contributed by atoms with van der Waals surface area (Å²) in [5, 5.41) is 12.5. The molecule has 12 heteroatoms. The van der Waals surface area contributed by atoms with Gasteiger partial charge in [0.2, 0.25) is 0 Å². The third-order valence-corrected chi connectivity index (χ3v) is 8.57. The molecule has 2 aromatic carbocycles. The van der Waals surface area contributed by atoms with E-state index in [2.05, 4.69) is 0 Å². The molecule has 1 heterocycles. The first-order valence-corrected chi connectivity index (χ1v) is 14.8. The fraction of sp³-hybridized carbons (Fsp3) is 0.538. The van der Waals surface area contributed by atoms with Crippen molar-refractivity contribution >= 4 is 44.1 Å². The number of nitrogens with two attached hydrogens (primary N) is 1. The lowest BCUT2D eigenvalue weighted by atomic mass is 10.0. The van der Waals surface area contributed by atoms with Gasteiger partial charge in [-0.15, -0.1) is 0 Å². The van der Waals surface area contributed by atoms with Gasteiger partial charge >= 0.3 is 6.03 Å². The number of hydrogen-bond acceptors (Lipinski definition) is 7. The van der Waals surface area contributed by atoms with Gasteiger partial charge in [0.15, 0.2) is 16.1 Å². The van der Waals surface area contributed by atoms with Gasteiger partial charge in [-0.2, -0.15) is 0 Å². The zero-order valence-corrected chi connectivity index (χ0v) is 23.3. The number of ether oxygens (including phenoxy) is 2. The fourth-order valence-corrected chi connectivity index (χ4v) is 6.19. The average Bonchev–Trinajstić information content (AvgIpc) is 2.88. The lowest BCUT2D eigenvalue weighted by Crippen LogP contribution is -2.53. The van der Waals surface area contributed by atoms with Crippen LogP contribution in [0, 0.1) is 0 Å². The van der Waals surface area contributed by atoms with E-state index in [9.17, 15) is 23.1 Å². The third kappa shape index (κ3) is 7.79. The number of nitrogens with zero attached hydrogens (tertiary/aromatic N) is 2. The molecule has 10 nitrogen and oxygen atoms in total. The van der Waals surface area contributed by atoms with Crippen LogP contribution in [0.3, 0.4) is 0 Å². The van der Waals surface area contributed by atoms with Gasteiger partial charge in [0.25, 0.3) is 5.91 Å². The van der Waals surface area contributed by atoms with E-state index in [-0.39, 0.29) is 24.0 Å². The van der Waals surface area contributed by atoms with Crippen LogP contribution in [0.5, 0.6) is 0 Å². The Bertz CT molecular complexity index is 1210. The van der Waals surface area contributed by atoms with Gasteiger partial charge in [0.05, 0.1) is 10.6 Å². The number of carbonyl (C=O) groups is 2. The van der Waals surface area contributed by atoms with Crippen molar-refractivity contribution in [1.29, 1.82) is 0 Å². The average molecular weight is 570 g/mol. The summed E-state index contributed by atoms with van der Waals surface area (Å²) >= 11 is 5.99. The summed E-state index contributed by atoms with van der Waals surface area (Å²) in [6, 6.07) is 8.94. The number of likely N-dealkylation sites (tertiary alicyclic amines) is 1. The molecule has 0 aliphatic carbocycles. The van der Waals surface area contributed by atoms with Crippen LogP contribution in [0.2, 0.25) is 5.02 Å². The first-order chi connectivity index (χ1) is 18.1. The van der Waals surface area contributed by atoms with Gasteiger partial charge in [-0.05, 0) is 61.7 Å². The second-order valence-electron chi connectivity index (χ2n) is 9.17. The monoisotopic (exact) mass is 569 g/mol. The summed E-state index contributed by atoms with van der Waals surface area (Å²) in [7, 11) is -3.93. The van der Waals surface area contributed by atoms with E-state index in [0.29, 0.717) is 49.4 Å². The number of fused-ring (bicyclic) bond motifs is 1. The quantitative estimate of drug-likeness (QED) is 0.375. The van der Waals surface area contributed by atoms with Crippen LogP contribution in [0.4, 0.5) is 4.79 Å². The van der Waals surface area contributed by atoms with E-state index in [0.717, 1.165) is 5.39 Å². The van der Waals surface area contributed by atoms with Crippen LogP contribution in [0.1, 0.15) is 33.1 Å². The first kappa shape index (κ1) is 30.1. The number of carbonyl (C=O) groups excluding carboxylic acids is 2. The summed E-state index contributed by atoms with van der Waals surface area (Å²) in [6.45, 7) is 5.57. The second-order valence-corrected chi connectivity index (χ2v) is 11.6. The van der Waals surface area contributed by atoms with Gasteiger partial charge < -0.3 is 30.1 Å². The maximum absolute atomic E-state index is 12.9. The molecule has 1 aliphatic rings. The van der Waals surface area contributed by atoms with Crippen LogP contribution < -0.4 is 5.73 Å². The highest BCUT2D eigenvalue weighted by atomic mass is 35.5. The summed E-state index contributed by atoms with van der Waals surface area (Å²) in [5.74, 6) is -1.38. The summed E-state index contributed by atoms with van der Waals surface area (Å²) < 4.78 is 37.0. The Morgan fingerprint density at radius 3 is 2.32 bits per heavy atom. The number of sulfone groups is 1. The number of urea groups is 1. The smallest absolute Gasteiger partial charge is 0.315 e. The largest absolute Gasteiger partial charge is 0.382 e. The second kappa shape index (κ2) is 13.6. The van der Waals surface area contributed by atoms with E-state index in [1.54, 1.807) is 29.2 Å². The summed E-state index contributed by atoms with van der Waals surface area (Å²) in [5.41, 5.74) is 5.62. The first-order valence-electron chi connectivity index (χ1n) is 12.7. The molecule has 210 valence electrons. The lowest BCUT2D eigenvalue weighted by Gasteiger charge is -2.38. The van der Waals surface area contributed by atoms with E-state index in [1.807, 2.05) is 13.8 Å². The van der Waals surface area contributed by atoms with Crippen LogP contribution in [0.25, 0.3) is 10.8 Å². The van der Waals surface area contributed by atoms with Gasteiger partial charge in [-0.3, -0.25) is 4.79 Å². The highest BCUT2D eigenvalue weighted by molar-refractivity contribution is 7.91. The Hall–Kier alpha value is -2.44. The molecule has 0 unspecified atom stereocenters. The number of halogens is 1. The predicted octanol–water partition coefficient (Wildman–Crippen LogP) is 2.79. The normalized spacial score (nSPS) is 15.7. The van der Waals surface area contributed by atoms with Crippen molar-refractivity contribution in [2.24, 2.45) is 5.73 Å². The van der Waals surface area contributed by atoms with Gasteiger partial charge in [-0.1, -0.05) is 23.7 Å². The van der Waals surface area contributed by atoms with Gasteiger partial charge in [0, 0.05) is 50.3 Å². The number of aliphatic hydroxyl groups excluding tert-OH is 1. The van der Waals surface area contributed by atoms with Crippen molar-refractivity contribution in [2.75, 3.05) is 38.6 Å². The molecule has 1 fully saturated rings. The number of aliphatic hydroxyl groups is 1. The van der Waals surface area contributed by atoms with Gasteiger partial charge in [0.1, 0.15) is 6.10 Å². The maximum Gasteiger partial charge on any atom is 0.315 e. The topological polar surface area (TPSA) is 139 Å². The minimum absolute atomic E-state index is 0.0207. The zero-order chi connectivity index (χ0) is 27.9. The van der Waals surface area contributed by atoms with Crippen molar-refractivity contribution < 1.29 is 32.6 Å². The Kier molecular flexibility index (Phi) is 10.8. The van der Waals surface area contributed by atoms with E-state index >= 15 is 0 Å². The Labute approximate surface area is 228 Å². The molecule has 0 saturated carbocycles. The minimum atomic E-state index is -3.93. The zero-order valence-electron chi connectivity index (χ0n) is 21.7. The number of benzene rings is 2. The predicted molar refractivity (Wildman–Crippen MR) is 145 cm³/mol. The number of rotatable bonds is 12. The maximum atomic E-state index is 12.9. The molecule has 0 bridgehead atoms. The van der Waals surface area contributed by atoms with Gasteiger partial charge in [-0.25, -0.2) is 13.2 Å². The highest BCUT2D eigenvalue weighted by Gasteiger charge is 2.33. The van der Waals surface area contributed by atoms with Crippen molar-refractivity contribution in [3.8, 4) is 0 Å². The third-order valence-electron chi connectivity index (χ3n) is 6.61. The number of amides is 3. The fourth-order valence-electron chi connectivity index (χ4n) is 4.68. The standard InChI is InChI=1S/C26H36ClN3O7S/c1-3-36-24(37-4-2)11-14-30(26(28)33)21-9-12-29(13-10-21)25(32)23(31)17-38(34,35)22-8-6-18-15-20(27)7-5-19(18)16-22/h5-8,15-16,21,23-24,31H,3-4,9-14,17H2,1-2H3,(H2,28,33)/t23-/m1/s1. The molecule has 38 heavy (non-hydrogen) atoms. The number of hydrogen-bond donors (Lipinski definition) is 2. The van der Waals surface area contributed by atoms with Crippen LogP contribution in [-0.2, 0) is 24.1 Å². The molecule has 1 aliphatic heterocycles. The highest BCUT2D eigenvalue weighted by Crippen LogP contribution is 2.24. The van der Waals surface area contributed by atoms with Crippen LogP contribution in [0.15, 0.2) is 41.3 Å². The molecule has 1 saturated heterocycles. The van der Waals surface area contributed by atoms with Crippen LogP contribution >= 0.6 is 11.6 Å². The lowest BCUT2D eigenvalue weighted by molar-refractivity contribution is -0.142.